The molecule has 1 aromatic heterocycles. The van der Waals surface area contributed by atoms with Gasteiger partial charge in [-0.1, -0.05) is 0 Å². The summed E-state index contributed by atoms with van der Waals surface area (Å²) in [6.45, 7) is 3.02. The normalized spacial score (nSPS) is 18.3. The van der Waals surface area contributed by atoms with Gasteiger partial charge in [0.15, 0.2) is 0 Å². The Labute approximate surface area is 120 Å². The summed E-state index contributed by atoms with van der Waals surface area (Å²) in [5.41, 5.74) is 5.16. The Bertz CT molecular complexity index is 552. The monoisotopic (exact) mass is 296 g/mol. The highest BCUT2D eigenvalue weighted by Gasteiger charge is 2.35. The second kappa shape index (κ2) is 6.31. The number of nitro groups is 1. The molecule has 1 aromatic rings. The van der Waals surface area contributed by atoms with Crippen molar-refractivity contribution in [2.24, 2.45) is 0 Å². The van der Waals surface area contributed by atoms with Gasteiger partial charge in [0.1, 0.15) is 12.4 Å². The third kappa shape index (κ3) is 2.99. The summed E-state index contributed by atoms with van der Waals surface area (Å²) in [5.74, 6) is -0.470. The van der Waals surface area contributed by atoms with Gasteiger partial charge < -0.3 is 20.7 Å². The van der Waals surface area contributed by atoms with Crippen molar-refractivity contribution in [1.82, 2.24) is 15.3 Å². The van der Waals surface area contributed by atoms with E-state index in [-0.39, 0.29) is 24.1 Å². The second-order valence-electron chi connectivity index (χ2n) is 4.37. The molecule has 114 valence electrons. The van der Waals surface area contributed by atoms with Crippen molar-refractivity contribution in [3.8, 4) is 0 Å². The Morgan fingerprint density at radius 3 is 3.10 bits per heavy atom. The van der Waals surface area contributed by atoms with E-state index in [1.807, 2.05) is 0 Å². The van der Waals surface area contributed by atoms with Crippen molar-refractivity contribution in [3.05, 3.63) is 16.4 Å². The fourth-order valence-corrected chi connectivity index (χ4v) is 2.13. The first-order chi connectivity index (χ1) is 10.1. The number of amides is 1. The molecular weight excluding hydrogens is 280 g/mol. The number of carbonyl (C=O) groups is 1. The Kier molecular flexibility index (Phi) is 4.48. The summed E-state index contributed by atoms with van der Waals surface area (Å²) < 4.78 is 5.28. The highest BCUT2D eigenvalue weighted by Crippen LogP contribution is 2.31. The molecule has 1 aliphatic heterocycles. The largest absolute Gasteiger partial charge is 0.378 e. The number of hydrogen-bond acceptors (Lipinski definition) is 8. The summed E-state index contributed by atoms with van der Waals surface area (Å²) in [7, 11) is 0. The fourth-order valence-electron chi connectivity index (χ4n) is 2.13. The summed E-state index contributed by atoms with van der Waals surface area (Å²) in [5, 5.41) is 13.8. The number of likely N-dealkylation sites (N-methyl/N-ethyl adjacent to an activating group) is 1. The number of hydrogen-bond donors (Lipinski definition) is 2. The lowest BCUT2D eigenvalue weighted by atomic mass is 10.2. The van der Waals surface area contributed by atoms with Crippen LogP contribution in [0.4, 0.5) is 17.3 Å². The summed E-state index contributed by atoms with van der Waals surface area (Å²) >= 11 is 0. The molecule has 0 bridgehead atoms. The van der Waals surface area contributed by atoms with Gasteiger partial charge in [0.25, 0.3) is 0 Å². The molecule has 10 nitrogen and oxygen atoms in total. The van der Waals surface area contributed by atoms with Gasteiger partial charge in [0, 0.05) is 13.1 Å². The van der Waals surface area contributed by atoms with Crippen molar-refractivity contribution in [2.75, 3.05) is 36.9 Å². The Morgan fingerprint density at radius 1 is 1.67 bits per heavy atom. The van der Waals surface area contributed by atoms with Crippen LogP contribution in [0.5, 0.6) is 0 Å². The van der Waals surface area contributed by atoms with E-state index in [2.05, 4.69) is 15.3 Å². The van der Waals surface area contributed by atoms with E-state index >= 15 is 0 Å². The number of carbonyl (C=O) groups excluding carboxylic acids is 1. The first-order valence-corrected chi connectivity index (χ1v) is 6.43. The molecule has 0 saturated carbocycles. The predicted molar refractivity (Wildman–Crippen MR) is 73.7 cm³/mol. The molecule has 0 radical (unpaired) electrons. The zero-order valence-electron chi connectivity index (χ0n) is 11.5. The van der Waals surface area contributed by atoms with Crippen LogP contribution in [-0.2, 0) is 9.53 Å². The van der Waals surface area contributed by atoms with E-state index in [9.17, 15) is 14.9 Å². The molecule has 0 spiro atoms. The number of ether oxygens (including phenoxy) is 1. The van der Waals surface area contributed by atoms with Crippen LogP contribution in [-0.4, -0.2) is 53.1 Å². The van der Waals surface area contributed by atoms with Gasteiger partial charge in [-0.05, 0) is 6.92 Å². The summed E-state index contributed by atoms with van der Waals surface area (Å²) in [6, 6.07) is -0.688. The Morgan fingerprint density at radius 2 is 2.43 bits per heavy atom. The highest BCUT2D eigenvalue weighted by molar-refractivity contribution is 5.86. The van der Waals surface area contributed by atoms with Crippen LogP contribution in [0.25, 0.3) is 0 Å². The lowest BCUT2D eigenvalue weighted by Crippen LogP contribution is -2.54. The fraction of sp³-hybridized carbons (Fsp3) is 0.545. The lowest BCUT2D eigenvalue weighted by molar-refractivity contribution is -0.383. The minimum Gasteiger partial charge on any atom is -0.378 e. The van der Waals surface area contributed by atoms with Gasteiger partial charge in [-0.15, -0.1) is 0 Å². The van der Waals surface area contributed by atoms with Crippen LogP contribution in [0.3, 0.4) is 0 Å². The van der Waals surface area contributed by atoms with Gasteiger partial charge in [-0.3, -0.25) is 14.9 Å². The molecule has 1 atom stereocenters. The van der Waals surface area contributed by atoms with E-state index < -0.39 is 16.7 Å². The molecular formula is C11H16N6O4. The molecule has 2 heterocycles. The number of nitrogens with two attached hydrogens (primary N) is 1. The average Bonchev–Trinajstić information content (AvgIpc) is 2.47. The molecule has 0 aliphatic carbocycles. The lowest BCUT2D eigenvalue weighted by Gasteiger charge is -2.34. The van der Waals surface area contributed by atoms with Crippen LogP contribution in [0.2, 0.25) is 0 Å². The van der Waals surface area contributed by atoms with Crippen LogP contribution < -0.4 is 16.0 Å². The highest BCUT2D eigenvalue weighted by atomic mass is 16.6. The standard InChI is InChI=1S/C11H16N6O4/c1-2-13-11(18)7-5-21-4-3-16(7)10-8(17(19)20)9(12)14-6-15-10/h6-7H,2-5H2,1H3,(H,13,18)(H2,12,14,15). The summed E-state index contributed by atoms with van der Waals surface area (Å²) in [6.07, 6.45) is 1.14. The zero-order chi connectivity index (χ0) is 15.4. The molecule has 3 N–H and O–H groups in total. The van der Waals surface area contributed by atoms with E-state index in [1.54, 1.807) is 6.92 Å². The van der Waals surface area contributed by atoms with Gasteiger partial charge in [0.2, 0.25) is 17.5 Å². The van der Waals surface area contributed by atoms with E-state index in [4.69, 9.17) is 10.5 Å². The number of aromatic nitrogens is 2. The molecule has 21 heavy (non-hydrogen) atoms. The van der Waals surface area contributed by atoms with Crippen molar-refractivity contribution in [2.45, 2.75) is 13.0 Å². The van der Waals surface area contributed by atoms with Gasteiger partial charge in [-0.25, -0.2) is 9.97 Å². The number of nitrogens with zero attached hydrogens (tertiary/aromatic N) is 4. The van der Waals surface area contributed by atoms with Crippen LogP contribution in [0, 0.1) is 10.1 Å². The number of nitrogens with one attached hydrogen (secondary N) is 1. The van der Waals surface area contributed by atoms with Gasteiger partial charge >= 0.3 is 5.69 Å². The Balaban J connectivity index is 2.40. The maximum Gasteiger partial charge on any atom is 0.353 e. The van der Waals surface area contributed by atoms with Crippen molar-refractivity contribution in [3.63, 3.8) is 0 Å². The molecule has 1 amide bonds. The van der Waals surface area contributed by atoms with E-state index in [0.717, 1.165) is 6.33 Å². The van der Waals surface area contributed by atoms with Crippen LogP contribution >= 0.6 is 0 Å². The average molecular weight is 296 g/mol. The zero-order valence-corrected chi connectivity index (χ0v) is 11.5. The van der Waals surface area contributed by atoms with Crippen molar-refractivity contribution < 1.29 is 14.5 Å². The van der Waals surface area contributed by atoms with Crippen LogP contribution in [0.15, 0.2) is 6.33 Å². The first kappa shape index (κ1) is 14.9. The minimum atomic E-state index is -0.688. The molecule has 1 fully saturated rings. The topological polar surface area (TPSA) is 137 Å². The van der Waals surface area contributed by atoms with E-state index in [1.165, 1.54) is 4.90 Å². The number of morpholine rings is 1. The van der Waals surface area contributed by atoms with Crippen LogP contribution in [0.1, 0.15) is 6.92 Å². The molecule has 0 aromatic carbocycles. The van der Waals surface area contributed by atoms with Crippen molar-refractivity contribution >= 4 is 23.2 Å². The van der Waals surface area contributed by atoms with Gasteiger partial charge in [-0.2, -0.15) is 0 Å². The van der Waals surface area contributed by atoms with Gasteiger partial charge in [0.05, 0.1) is 18.1 Å². The summed E-state index contributed by atoms with van der Waals surface area (Å²) in [4.78, 5) is 31.7. The number of anilines is 2. The molecule has 1 unspecified atom stereocenters. The second-order valence-corrected chi connectivity index (χ2v) is 4.37. The third-order valence-electron chi connectivity index (χ3n) is 3.07. The smallest absolute Gasteiger partial charge is 0.353 e. The molecule has 1 saturated heterocycles. The first-order valence-electron chi connectivity index (χ1n) is 6.43. The molecule has 1 aliphatic rings. The Hall–Kier alpha value is -2.49. The molecule has 10 heteroatoms. The predicted octanol–water partition coefficient (Wildman–Crippen LogP) is -0.692. The number of nitrogen functional groups attached to an aromatic ring is 1. The SMILES string of the molecule is CCNC(=O)C1COCCN1c1ncnc(N)c1[N+](=O)[O-]. The maximum atomic E-state index is 12.1. The minimum absolute atomic E-state index is 0.0343. The third-order valence-corrected chi connectivity index (χ3v) is 3.07. The quantitative estimate of drug-likeness (QED) is 0.550. The number of rotatable bonds is 4. The maximum absolute atomic E-state index is 12.1. The van der Waals surface area contributed by atoms with Crippen molar-refractivity contribution in [1.29, 1.82) is 0 Å². The molecule has 2 rings (SSSR count). The van der Waals surface area contributed by atoms with E-state index in [0.29, 0.717) is 19.7 Å².